The van der Waals surface area contributed by atoms with Crippen molar-refractivity contribution in [2.75, 3.05) is 23.3 Å². The van der Waals surface area contributed by atoms with E-state index in [4.69, 9.17) is 9.97 Å². The van der Waals surface area contributed by atoms with E-state index in [1.165, 1.54) is 12.5 Å². The number of nitrogens with one attached hydrogen (secondary N) is 1. The Morgan fingerprint density at radius 3 is 2.41 bits per heavy atom. The maximum absolute atomic E-state index is 13.9. The summed E-state index contributed by atoms with van der Waals surface area (Å²) >= 11 is 0. The molecule has 1 N–H and O–H groups in total. The van der Waals surface area contributed by atoms with Gasteiger partial charge in [0, 0.05) is 36.8 Å². The maximum Gasteiger partial charge on any atom is 0.227 e. The summed E-state index contributed by atoms with van der Waals surface area (Å²) in [6.45, 7) is 2.34. The standard InChI is InChI=1S/C22H23FN4/c23-19-12-6-5-11-18(19)16-24-21-15-20(17-9-3-1-4-10-17)25-22(26-21)27-13-7-2-8-14-27/h1,3-6,9-12,15H,2,7-8,13-14,16H2,(H,24,25,26). The van der Waals surface area contributed by atoms with Crippen LogP contribution in [0.1, 0.15) is 24.8 Å². The molecule has 1 aromatic heterocycles. The Morgan fingerprint density at radius 2 is 1.63 bits per heavy atom. The van der Waals surface area contributed by atoms with Gasteiger partial charge in [0.15, 0.2) is 0 Å². The van der Waals surface area contributed by atoms with Crippen molar-refractivity contribution in [3.05, 3.63) is 72.0 Å². The van der Waals surface area contributed by atoms with Crippen LogP contribution in [0.5, 0.6) is 0 Å². The highest BCUT2D eigenvalue weighted by molar-refractivity contribution is 5.64. The molecule has 2 aromatic carbocycles. The molecule has 5 heteroatoms. The van der Waals surface area contributed by atoms with E-state index in [9.17, 15) is 4.39 Å². The predicted molar refractivity (Wildman–Crippen MR) is 107 cm³/mol. The van der Waals surface area contributed by atoms with E-state index in [-0.39, 0.29) is 5.82 Å². The maximum atomic E-state index is 13.9. The van der Waals surface area contributed by atoms with Gasteiger partial charge in [0.05, 0.1) is 5.69 Å². The van der Waals surface area contributed by atoms with Crippen molar-refractivity contribution in [2.45, 2.75) is 25.8 Å². The summed E-state index contributed by atoms with van der Waals surface area (Å²) < 4.78 is 13.9. The van der Waals surface area contributed by atoms with Crippen LogP contribution >= 0.6 is 0 Å². The molecule has 0 amide bonds. The van der Waals surface area contributed by atoms with Crippen LogP contribution in [0.4, 0.5) is 16.2 Å². The molecule has 2 heterocycles. The molecule has 4 nitrogen and oxygen atoms in total. The SMILES string of the molecule is Fc1ccccc1CNc1cc(-c2ccccc2)nc(N2CCCCC2)n1. The van der Waals surface area contributed by atoms with Crippen LogP contribution in [0.3, 0.4) is 0 Å². The van der Waals surface area contributed by atoms with Crippen LogP contribution in [0.15, 0.2) is 60.7 Å². The average molecular weight is 362 g/mol. The van der Waals surface area contributed by atoms with Crippen LogP contribution in [-0.4, -0.2) is 23.1 Å². The third-order valence-electron chi connectivity index (χ3n) is 4.84. The van der Waals surface area contributed by atoms with Gasteiger partial charge in [-0.2, -0.15) is 4.98 Å². The Balaban J connectivity index is 1.64. The van der Waals surface area contributed by atoms with E-state index < -0.39 is 0 Å². The van der Waals surface area contributed by atoms with Crippen LogP contribution in [0.2, 0.25) is 0 Å². The Hall–Kier alpha value is -2.95. The van der Waals surface area contributed by atoms with Gasteiger partial charge in [-0.3, -0.25) is 0 Å². The Morgan fingerprint density at radius 1 is 0.889 bits per heavy atom. The first-order valence-corrected chi connectivity index (χ1v) is 9.46. The molecule has 0 radical (unpaired) electrons. The van der Waals surface area contributed by atoms with Crippen LogP contribution in [-0.2, 0) is 6.54 Å². The number of hydrogen-bond acceptors (Lipinski definition) is 4. The fraction of sp³-hybridized carbons (Fsp3) is 0.273. The van der Waals surface area contributed by atoms with Crippen molar-refractivity contribution in [3.8, 4) is 11.3 Å². The molecule has 0 unspecified atom stereocenters. The van der Waals surface area contributed by atoms with Gasteiger partial charge in [0.2, 0.25) is 5.95 Å². The second kappa shape index (κ2) is 8.16. The zero-order valence-electron chi connectivity index (χ0n) is 15.2. The van der Waals surface area contributed by atoms with E-state index >= 15 is 0 Å². The van der Waals surface area contributed by atoms with Gasteiger partial charge in [-0.15, -0.1) is 0 Å². The van der Waals surface area contributed by atoms with Gasteiger partial charge < -0.3 is 10.2 Å². The summed E-state index contributed by atoms with van der Waals surface area (Å²) in [5.41, 5.74) is 2.55. The summed E-state index contributed by atoms with van der Waals surface area (Å²) in [6.07, 6.45) is 3.58. The first kappa shape index (κ1) is 17.5. The summed E-state index contributed by atoms with van der Waals surface area (Å²) in [5, 5.41) is 3.27. The monoisotopic (exact) mass is 362 g/mol. The van der Waals surface area contributed by atoms with Crippen molar-refractivity contribution >= 4 is 11.8 Å². The van der Waals surface area contributed by atoms with E-state index in [1.54, 1.807) is 12.1 Å². The molecule has 0 spiro atoms. The highest BCUT2D eigenvalue weighted by Gasteiger charge is 2.16. The molecule has 0 aliphatic carbocycles. The minimum atomic E-state index is -0.210. The number of anilines is 2. The fourth-order valence-corrected chi connectivity index (χ4v) is 3.34. The minimum Gasteiger partial charge on any atom is -0.366 e. The van der Waals surface area contributed by atoms with E-state index in [0.29, 0.717) is 17.9 Å². The summed E-state index contributed by atoms with van der Waals surface area (Å²) in [7, 11) is 0. The molecule has 1 aliphatic rings. The number of benzene rings is 2. The summed E-state index contributed by atoms with van der Waals surface area (Å²) in [6, 6.07) is 18.8. The largest absolute Gasteiger partial charge is 0.366 e. The van der Waals surface area contributed by atoms with Crippen molar-refractivity contribution in [3.63, 3.8) is 0 Å². The molecule has 3 aromatic rings. The second-order valence-electron chi connectivity index (χ2n) is 6.80. The topological polar surface area (TPSA) is 41.1 Å². The normalized spacial score (nSPS) is 14.2. The highest BCUT2D eigenvalue weighted by atomic mass is 19.1. The Kier molecular flexibility index (Phi) is 5.28. The molecule has 27 heavy (non-hydrogen) atoms. The van der Waals surface area contributed by atoms with Crippen molar-refractivity contribution in [1.82, 2.24) is 9.97 Å². The number of rotatable bonds is 5. The number of piperidine rings is 1. The first-order chi connectivity index (χ1) is 13.3. The number of aromatic nitrogens is 2. The zero-order valence-corrected chi connectivity index (χ0v) is 15.2. The summed E-state index contributed by atoms with van der Waals surface area (Å²) in [5.74, 6) is 1.25. The average Bonchev–Trinajstić information content (AvgIpc) is 2.74. The third kappa shape index (κ3) is 4.25. The molecule has 138 valence electrons. The highest BCUT2D eigenvalue weighted by Crippen LogP contribution is 2.25. The lowest BCUT2D eigenvalue weighted by Crippen LogP contribution is -2.31. The lowest BCUT2D eigenvalue weighted by molar-refractivity contribution is 0.568. The molecule has 4 rings (SSSR count). The van der Waals surface area contributed by atoms with Gasteiger partial charge in [-0.25, -0.2) is 9.37 Å². The van der Waals surface area contributed by atoms with Gasteiger partial charge in [-0.1, -0.05) is 48.5 Å². The smallest absolute Gasteiger partial charge is 0.227 e. The van der Waals surface area contributed by atoms with Crippen LogP contribution in [0, 0.1) is 5.82 Å². The zero-order chi connectivity index (χ0) is 18.5. The Labute approximate surface area is 159 Å². The second-order valence-corrected chi connectivity index (χ2v) is 6.80. The molecule has 1 fully saturated rings. The molecule has 1 saturated heterocycles. The van der Waals surface area contributed by atoms with Gasteiger partial charge in [-0.05, 0) is 25.3 Å². The Bertz CT molecular complexity index is 892. The van der Waals surface area contributed by atoms with Crippen molar-refractivity contribution < 1.29 is 4.39 Å². The van der Waals surface area contributed by atoms with Gasteiger partial charge >= 0.3 is 0 Å². The third-order valence-corrected chi connectivity index (χ3v) is 4.84. The lowest BCUT2D eigenvalue weighted by Gasteiger charge is -2.27. The van der Waals surface area contributed by atoms with Crippen LogP contribution < -0.4 is 10.2 Å². The minimum absolute atomic E-state index is 0.210. The van der Waals surface area contributed by atoms with Gasteiger partial charge in [0.25, 0.3) is 0 Å². The quantitative estimate of drug-likeness (QED) is 0.702. The summed E-state index contributed by atoms with van der Waals surface area (Å²) in [4.78, 5) is 11.7. The lowest BCUT2D eigenvalue weighted by atomic mass is 10.1. The predicted octanol–water partition coefficient (Wildman–Crippen LogP) is 4.89. The number of nitrogens with zero attached hydrogens (tertiary/aromatic N) is 3. The van der Waals surface area contributed by atoms with Crippen LogP contribution in [0.25, 0.3) is 11.3 Å². The molecule has 0 bridgehead atoms. The molecule has 1 aliphatic heterocycles. The number of halogens is 1. The van der Waals surface area contributed by atoms with E-state index in [2.05, 4.69) is 10.2 Å². The fourth-order valence-electron chi connectivity index (χ4n) is 3.34. The molecule has 0 atom stereocenters. The van der Waals surface area contributed by atoms with Crippen molar-refractivity contribution in [2.24, 2.45) is 0 Å². The first-order valence-electron chi connectivity index (χ1n) is 9.46. The molecule has 0 saturated carbocycles. The molecular weight excluding hydrogens is 339 g/mol. The molecular formula is C22H23FN4. The van der Waals surface area contributed by atoms with Gasteiger partial charge in [0.1, 0.15) is 11.6 Å². The van der Waals surface area contributed by atoms with E-state index in [0.717, 1.165) is 43.1 Å². The number of hydrogen-bond donors (Lipinski definition) is 1. The van der Waals surface area contributed by atoms with E-state index in [1.807, 2.05) is 42.5 Å². The van der Waals surface area contributed by atoms with Crippen molar-refractivity contribution in [1.29, 1.82) is 0 Å².